The van der Waals surface area contributed by atoms with Crippen molar-refractivity contribution in [1.82, 2.24) is 4.90 Å². The third kappa shape index (κ3) is 5.41. The molecule has 0 N–H and O–H groups in total. The molecule has 1 heterocycles. The lowest BCUT2D eigenvalue weighted by molar-refractivity contribution is -0.132. The van der Waals surface area contributed by atoms with E-state index in [-0.39, 0.29) is 18.1 Å². The fraction of sp³-hybridized carbons (Fsp3) is 0.333. The van der Waals surface area contributed by atoms with Crippen LogP contribution in [0.4, 0.5) is 0 Å². The second-order valence-electron chi connectivity index (χ2n) is 7.11. The van der Waals surface area contributed by atoms with Crippen molar-refractivity contribution in [3.05, 3.63) is 70.1 Å². The van der Waals surface area contributed by atoms with E-state index in [9.17, 15) is 9.59 Å². The second kappa shape index (κ2) is 9.96. The number of likely N-dealkylation sites (N-methyl/N-ethyl adjacent to an activating group) is 1. The number of amides is 1. The molecule has 0 saturated heterocycles. The minimum atomic E-state index is -0.380. The van der Waals surface area contributed by atoms with Crippen LogP contribution in [0.3, 0.4) is 0 Å². The molecule has 0 spiro atoms. The van der Waals surface area contributed by atoms with Gasteiger partial charge in [0.1, 0.15) is 17.1 Å². The summed E-state index contributed by atoms with van der Waals surface area (Å²) in [6.45, 7) is 4.99. The van der Waals surface area contributed by atoms with E-state index in [0.717, 1.165) is 35.1 Å². The summed E-state index contributed by atoms with van der Waals surface area (Å²) in [7, 11) is 1.73. The van der Waals surface area contributed by atoms with Crippen molar-refractivity contribution in [2.24, 2.45) is 0 Å². The Kier molecular flexibility index (Phi) is 7.12. The molecular weight excluding hydrogens is 382 g/mol. The third-order valence-electron chi connectivity index (χ3n) is 4.76. The molecule has 0 aliphatic carbocycles. The van der Waals surface area contributed by atoms with Gasteiger partial charge in [-0.2, -0.15) is 0 Å². The van der Waals surface area contributed by atoms with Gasteiger partial charge in [-0.15, -0.1) is 0 Å². The van der Waals surface area contributed by atoms with E-state index in [1.165, 1.54) is 6.07 Å². The van der Waals surface area contributed by atoms with Crippen LogP contribution in [0.25, 0.3) is 11.0 Å². The van der Waals surface area contributed by atoms with E-state index in [1.807, 2.05) is 37.3 Å². The van der Waals surface area contributed by atoms with Crippen molar-refractivity contribution in [1.29, 1.82) is 0 Å². The maximum Gasteiger partial charge on any atom is 0.336 e. The van der Waals surface area contributed by atoms with E-state index < -0.39 is 0 Å². The van der Waals surface area contributed by atoms with Crippen LogP contribution in [0.2, 0.25) is 0 Å². The number of carbonyl (C=O) groups is 1. The van der Waals surface area contributed by atoms with Crippen LogP contribution in [0.5, 0.6) is 11.5 Å². The smallest absolute Gasteiger partial charge is 0.336 e. The van der Waals surface area contributed by atoms with Crippen LogP contribution in [-0.2, 0) is 17.8 Å². The second-order valence-corrected chi connectivity index (χ2v) is 7.11. The highest BCUT2D eigenvalue weighted by molar-refractivity contribution is 5.82. The summed E-state index contributed by atoms with van der Waals surface area (Å²) in [6, 6.07) is 14.5. The molecule has 0 aliphatic heterocycles. The first kappa shape index (κ1) is 21.4. The highest BCUT2D eigenvalue weighted by Crippen LogP contribution is 2.23. The lowest BCUT2D eigenvalue weighted by Gasteiger charge is -2.18. The largest absolute Gasteiger partial charge is 0.494 e. The predicted octanol–water partition coefficient (Wildman–Crippen LogP) is 4.18. The van der Waals surface area contributed by atoms with Gasteiger partial charge in [-0.25, -0.2) is 4.79 Å². The molecular formula is C24H27NO5. The number of fused-ring (bicyclic) bond motifs is 1. The van der Waals surface area contributed by atoms with Gasteiger partial charge in [0, 0.05) is 31.1 Å². The molecule has 0 saturated carbocycles. The molecule has 1 amide bonds. The molecule has 0 radical (unpaired) electrons. The Bertz CT molecular complexity index is 1060. The quantitative estimate of drug-likeness (QED) is 0.496. The van der Waals surface area contributed by atoms with Crippen LogP contribution >= 0.6 is 0 Å². The highest BCUT2D eigenvalue weighted by Gasteiger charge is 2.12. The first-order chi connectivity index (χ1) is 14.5. The van der Waals surface area contributed by atoms with Gasteiger partial charge in [0.05, 0.1) is 6.61 Å². The number of aryl methyl sites for hydroxylation is 1. The average molecular weight is 409 g/mol. The molecule has 0 atom stereocenters. The topological polar surface area (TPSA) is 69.0 Å². The molecule has 3 rings (SSSR count). The summed E-state index contributed by atoms with van der Waals surface area (Å²) in [5, 5.41) is 0.891. The fourth-order valence-corrected chi connectivity index (χ4v) is 3.25. The third-order valence-corrected chi connectivity index (χ3v) is 4.76. The van der Waals surface area contributed by atoms with Crippen LogP contribution in [0.15, 0.2) is 57.7 Å². The number of benzene rings is 2. The average Bonchev–Trinajstić information content (AvgIpc) is 2.73. The molecule has 1 aromatic heterocycles. The number of hydrogen-bond acceptors (Lipinski definition) is 5. The van der Waals surface area contributed by atoms with Crippen LogP contribution < -0.4 is 15.1 Å². The number of rotatable bonds is 9. The Labute approximate surface area is 176 Å². The maximum atomic E-state index is 12.4. The van der Waals surface area contributed by atoms with E-state index >= 15 is 0 Å². The van der Waals surface area contributed by atoms with Crippen molar-refractivity contribution in [3.63, 3.8) is 0 Å². The Balaban J connectivity index is 1.62. The Morgan fingerprint density at radius 2 is 1.73 bits per heavy atom. The Morgan fingerprint density at radius 1 is 1.00 bits per heavy atom. The zero-order valence-electron chi connectivity index (χ0n) is 17.6. The van der Waals surface area contributed by atoms with E-state index in [4.69, 9.17) is 13.9 Å². The Morgan fingerprint density at radius 3 is 2.43 bits per heavy atom. The molecule has 0 fully saturated rings. The molecule has 3 aromatic rings. The van der Waals surface area contributed by atoms with Gasteiger partial charge >= 0.3 is 5.63 Å². The van der Waals surface area contributed by atoms with Crippen LogP contribution in [0, 0.1) is 0 Å². The van der Waals surface area contributed by atoms with Gasteiger partial charge in [0.25, 0.3) is 5.91 Å². The summed E-state index contributed by atoms with van der Waals surface area (Å²) < 4.78 is 16.4. The molecule has 6 nitrogen and oxygen atoms in total. The van der Waals surface area contributed by atoms with E-state index in [1.54, 1.807) is 24.1 Å². The monoisotopic (exact) mass is 409 g/mol. The zero-order chi connectivity index (χ0) is 21.5. The summed E-state index contributed by atoms with van der Waals surface area (Å²) in [4.78, 5) is 25.9. The first-order valence-electron chi connectivity index (χ1n) is 10.2. The molecule has 0 aliphatic rings. The van der Waals surface area contributed by atoms with Gasteiger partial charge in [-0.1, -0.05) is 25.5 Å². The number of nitrogens with zero attached hydrogens (tertiary/aromatic N) is 1. The van der Waals surface area contributed by atoms with Crippen molar-refractivity contribution < 1.29 is 18.7 Å². The van der Waals surface area contributed by atoms with E-state index in [0.29, 0.717) is 24.5 Å². The van der Waals surface area contributed by atoms with Gasteiger partial charge in [-0.3, -0.25) is 4.79 Å². The number of hydrogen-bond donors (Lipinski definition) is 0. The molecule has 0 unspecified atom stereocenters. The maximum absolute atomic E-state index is 12.4. The minimum Gasteiger partial charge on any atom is -0.494 e. The Hall–Kier alpha value is -3.28. The molecule has 158 valence electrons. The lowest BCUT2D eigenvalue weighted by atomic mass is 10.1. The van der Waals surface area contributed by atoms with Gasteiger partial charge in [-0.05, 0) is 48.7 Å². The van der Waals surface area contributed by atoms with Gasteiger partial charge in [0.2, 0.25) is 0 Å². The van der Waals surface area contributed by atoms with Crippen molar-refractivity contribution >= 4 is 16.9 Å². The van der Waals surface area contributed by atoms with Crippen LogP contribution in [0.1, 0.15) is 31.4 Å². The fourth-order valence-electron chi connectivity index (χ4n) is 3.25. The first-order valence-corrected chi connectivity index (χ1v) is 10.2. The molecule has 2 aromatic carbocycles. The van der Waals surface area contributed by atoms with Gasteiger partial charge < -0.3 is 18.8 Å². The van der Waals surface area contributed by atoms with Crippen molar-refractivity contribution in [2.45, 2.75) is 33.2 Å². The number of ether oxygens (including phenoxy) is 2. The standard InChI is InChI=1S/C24H27NO5/c1-4-6-18-13-24(27)30-22-14-20(11-12-21(18)22)29-16-23(26)25(3)15-17-7-9-19(10-8-17)28-5-2/h7-14H,4-6,15-16H2,1-3H3. The SMILES string of the molecule is CCCc1cc(=O)oc2cc(OCC(=O)N(C)Cc3ccc(OCC)cc3)ccc12. The summed E-state index contributed by atoms with van der Waals surface area (Å²) in [5.41, 5.74) is 2.06. The highest BCUT2D eigenvalue weighted by atomic mass is 16.5. The predicted molar refractivity (Wildman–Crippen MR) is 116 cm³/mol. The molecule has 6 heteroatoms. The lowest BCUT2D eigenvalue weighted by Crippen LogP contribution is -2.30. The number of carbonyl (C=O) groups excluding carboxylic acids is 1. The van der Waals surface area contributed by atoms with Crippen molar-refractivity contribution in [2.75, 3.05) is 20.3 Å². The van der Waals surface area contributed by atoms with Gasteiger partial charge in [0.15, 0.2) is 6.61 Å². The summed E-state index contributed by atoms with van der Waals surface area (Å²) in [5.74, 6) is 1.15. The zero-order valence-corrected chi connectivity index (χ0v) is 17.6. The minimum absolute atomic E-state index is 0.0993. The normalized spacial score (nSPS) is 10.8. The summed E-state index contributed by atoms with van der Waals surface area (Å²) in [6.07, 6.45) is 1.74. The molecule has 30 heavy (non-hydrogen) atoms. The summed E-state index contributed by atoms with van der Waals surface area (Å²) >= 11 is 0. The van der Waals surface area contributed by atoms with Crippen molar-refractivity contribution in [3.8, 4) is 11.5 Å². The molecule has 0 bridgehead atoms. The van der Waals surface area contributed by atoms with E-state index in [2.05, 4.69) is 6.92 Å². The van der Waals surface area contributed by atoms with Crippen LogP contribution in [-0.4, -0.2) is 31.1 Å².